The zero-order valence-corrected chi connectivity index (χ0v) is 17.8. The quantitative estimate of drug-likeness (QED) is 0.600. The van der Waals surface area contributed by atoms with Crippen molar-refractivity contribution >= 4 is 15.9 Å². The van der Waals surface area contributed by atoms with Crippen LogP contribution in [0.3, 0.4) is 0 Å². The van der Waals surface area contributed by atoms with Crippen molar-refractivity contribution in [2.45, 2.75) is 37.2 Å². The topological polar surface area (TPSA) is 102 Å². The maximum Gasteiger partial charge on any atom is 0.573 e. The van der Waals surface area contributed by atoms with Gasteiger partial charge in [-0.3, -0.25) is 9.69 Å². The number of carbonyl (C=O) groups excluding carboxylic acids is 1. The summed E-state index contributed by atoms with van der Waals surface area (Å²) < 4.78 is 63.0. The van der Waals surface area contributed by atoms with Crippen LogP contribution in [-0.2, 0) is 27.8 Å². The maximum absolute atomic E-state index is 12.4. The largest absolute Gasteiger partial charge is 0.573 e. The fraction of sp³-hybridized carbons (Fsp3) is 0.350. The highest BCUT2D eigenvalue weighted by molar-refractivity contribution is 7.89. The van der Waals surface area contributed by atoms with Gasteiger partial charge in [0, 0.05) is 13.1 Å². The van der Waals surface area contributed by atoms with Crippen molar-refractivity contribution in [2.75, 3.05) is 13.6 Å². The second kappa shape index (κ2) is 10.1. The molecule has 0 radical (unpaired) electrons. The maximum atomic E-state index is 12.4. The number of likely N-dealkylation sites (N-methyl/N-ethyl adjacent to an activating group) is 1. The van der Waals surface area contributed by atoms with Crippen molar-refractivity contribution in [2.24, 2.45) is 5.14 Å². The van der Waals surface area contributed by atoms with E-state index in [4.69, 9.17) is 5.14 Å². The van der Waals surface area contributed by atoms with Crippen molar-refractivity contribution in [3.8, 4) is 5.75 Å². The Balaban J connectivity index is 1.81. The molecule has 2 aromatic carbocycles. The molecule has 170 valence electrons. The van der Waals surface area contributed by atoms with E-state index in [0.717, 1.165) is 11.1 Å². The lowest BCUT2D eigenvalue weighted by Gasteiger charge is -2.24. The summed E-state index contributed by atoms with van der Waals surface area (Å²) >= 11 is 0. The van der Waals surface area contributed by atoms with Crippen LogP contribution in [0.5, 0.6) is 5.75 Å². The monoisotopic (exact) mass is 459 g/mol. The van der Waals surface area contributed by atoms with Gasteiger partial charge in [-0.15, -0.1) is 13.2 Å². The fourth-order valence-corrected chi connectivity index (χ4v) is 3.26. The molecular formula is C20H24F3N3O4S. The van der Waals surface area contributed by atoms with Crippen LogP contribution in [0.2, 0.25) is 0 Å². The molecule has 11 heteroatoms. The van der Waals surface area contributed by atoms with Crippen LogP contribution in [0.4, 0.5) is 13.2 Å². The number of halogens is 3. The Labute approximate surface area is 179 Å². The first kappa shape index (κ1) is 24.6. The molecule has 31 heavy (non-hydrogen) atoms. The summed E-state index contributed by atoms with van der Waals surface area (Å²) in [6.45, 7) is 2.43. The van der Waals surface area contributed by atoms with E-state index >= 15 is 0 Å². The fourth-order valence-electron chi connectivity index (χ4n) is 2.75. The molecule has 0 aromatic heterocycles. The molecule has 0 aliphatic rings. The van der Waals surface area contributed by atoms with Crippen molar-refractivity contribution in [3.05, 3.63) is 59.7 Å². The van der Waals surface area contributed by atoms with Gasteiger partial charge in [-0.05, 0) is 55.8 Å². The molecule has 0 aliphatic heterocycles. The number of ether oxygens (including phenoxy) is 1. The number of nitrogens with two attached hydrogens (primary N) is 1. The molecule has 7 nitrogen and oxygen atoms in total. The lowest BCUT2D eigenvalue weighted by molar-refractivity contribution is -0.274. The SMILES string of the molecule is CC(C(=O)NCCc1ccc(S(N)(=O)=O)cc1)N(C)Cc1ccc(OC(F)(F)F)cc1. The first-order valence-electron chi connectivity index (χ1n) is 9.29. The van der Waals surface area contributed by atoms with Gasteiger partial charge in [-0.25, -0.2) is 13.6 Å². The Bertz CT molecular complexity index is 978. The van der Waals surface area contributed by atoms with Gasteiger partial charge in [0.1, 0.15) is 5.75 Å². The molecule has 0 heterocycles. The minimum atomic E-state index is -4.74. The highest BCUT2D eigenvalue weighted by Gasteiger charge is 2.31. The smallest absolute Gasteiger partial charge is 0.406 e. The second-order valence-corrected chi connectivity index (χ2v) is 8.57. The molecule has 0 aliphatic carbocycles. The van der Waals surface area contributed by atoms with E-state index in [1.54, 1.807) is 31.0 Å². The minimum absolute atomic E-state index is 0.0218. The van der Waals surface area contributed by atoms with Gasteiger partial charge in [-0.1, -0.05) is 24.3 Å². The summed E-state index contributed by atoms with van der Waals surface area (Å²) in [5.74, 6) is -0.512. The molecule has 1 amide bonds. The Kier molecular flexibility index (Phi) is 8.04. The van der Waals surface area contributed by atoms with E-state index in [2.05, 4.69) is 10.1 Å². The summed E-state index contributed by atoms with van der Waals surface area (Å²) in [6, 6.07) is 11.1. The predicted molar refractivity (Wildman–Crippen MR) is 109 cm³/mol. The Morgan fingerprint density at radius 3 is 2.16 bits per heavy atom. The third-order valence-corrected chi connectivity index (χ3v) is 5.52. The summed E-state index contributed by atoms with van der Waals surface area (Å²) in [5.41, 5.74) is 1.57. The highest BCUT2D eigenvalue weighted by atomic mass is 32.2. The number of primary sulfonamides is 1. The number of rotatable bonds is 9. The van der Waals surface area contributed by atoms with Crippen molar-refractivity contribution < 1.29 is 31.1 Å². The molecule has 0 saturated carbocycles. The molecule has 1 unspecified atom stereocenters. The summed E-state index contributed by atoms with van der Waals surface area (Å²) in [7, 11) is -2.01. The molecular weight excluding hydrogens is 435 g/mol. The standard InChI is InChI=1S/C20H24F3N3O4S/c1-14(26(2)13-16-3-7-17(8-4-16)30-20(21,22)23)19(27)25-12-11-15-5-9-18(10-6-15)31(24,28)29/h3-10,14H,11-13H2,1-2H3,(H,25,27)(H2,24,28,29). The summed E-state index contributed by atoms with van der Waals surface area (Å²) in [5, 5.41) is 7.86. The first-order valence-corrected chi connectivity index (χ1v) is 10.8. The molecule has 1 atom stereocenters. The van der Waals surface area contributed by atoms with Gasteiger partial charge in [0.25, 0.3) is 0 Å². The number of benzene rings is 2. The van der Waals surface area contributed by atoms with Crippen LogP contribution in [0, 0.1) is 0 Å². The molecule has 0 saturated heterocycles. The van der Waals surface area contributed by atoms with Crippen LogP contribution in [0.1, 0.15) is 18.1 Å². The predicted octanol–water partition coefficient (Wildman–Crippen LogP) is 2.41. The molecule has 0 bridgehead atoms. The zero-order valence-electron chi connectivity index (χ0n) is 17.0. The van der Waals surface area contributed by atoms with Crippen molar-refractivity contribution in [1.82, 2.24) is 10.2 Å². The van der Waals surface area contributed by atoms with Gasteiger partial charge in [0.05, 0.1) is 10.9 Å². The first-order chi connectivity index (χ1) is 14.3. The van der Waals surface area contributed by atoms with Crippen molar-refractivity contribution in [3.63, 3.8) is 0 Å². The average Bonchev–Trinajstić information content (AvgIpc) is 2.67. The lowest BCUT2D eigenvalue weighted by Crippen LogP contribution is -2.43. The molecule has 2 aromatic rings. The van der Waals surface area contributed by atoms with E-state index in [1.165, 1.54) is 36.4 Å². The third kappa shape index (κ3) is 8.19. The van der Waals surface area contributed by atoms with E-state index < -0.39 is 22.4 Å². The van der Waals surface area contributed by atoms with E-state index in [0.29, 0.717) is 19.5 Å². The van der Waals surface area contributed by atoms with Gasteiger partial charge in [0.2, 0.25) is 15.9 Å². The van der Waals surface area contributed by atoms with E-state index in [1.807, 2.05) is 0 Å². The van der Waals surface area contributed by atoms with Gasteiger partial charge < -0.3 is 10.1 Å². The third-order valence-electron chi connectivity index (χ3n) is 4.59. The lowest BCUT2D eigenvalue weighted by atomic mass is 10.1. The van der Waals surface area contributed by atoms with Crippen LogP contribution in [0.25, 0.3) is 0 Å². The molecule has 0 spiro atoms. The number of sulfonamides is 1. The van der Waals surface area contributed by atoms with Gasteiger partial charge in [-0.2, -0.15) is 0 Å². The zero-order chi connectivity index (χ0) is 23.2. The van der Waals surface area contributed by atoms with Gasteiger partial charge >= 0.3 is 6.36 Å². The average molecular weight is 459 g/mol. The van der Waals surface area contributed by atoms with Crippen LogP contribution >= 0.6 is 0 Å². The number of hydrogen-bond acceptors (Lipinski definition) is 5. The minimum Gasteiger partial charge on any atom is -0.406 e. The Morgan fingerprint density at radius 2 is 1.65 bits per heavy atom. The molecule has 3 N–H and O–H groups in total. The van der Waals surface area contributed by atoms with E-state index in [-0.39, 0.29) is 16.6 Å². The number of hydrogen-bond donors (Lipinski definition) is 2. The van der Waals surface area contributed by atoms with Crippen molar-refractivity contribution in [1.29, 1.82) is 0 Å². The molecule has 0 fully saturated rings. The molecule has 2 rings (SSSR count). The van der Waals surface area contributed by atoms with Crippen LogP contribution in [0.15, 0.2) is 53.4 Å². The Morgan fingerprint density at radius 1 is 1.10 bits per heavy atom. The normalized spacial score (nSPS) is 13.1. The van der Waals surface area contributed by atoms with Crippen LogP contribution in [-0.4, -0.2) is 45.2 Å². The number of nitrogens with one attached hydrogen (secondary N) is 1. The Hall–Kier alpha value is -2.63. The highest BCUT2D eigenvalue weighted by Crippen LogP contribution is 2.23. The van der Waals surface area contributed by atoms with Crippen LogP contribution < -0.4 is 15.2 Å². The number of amides is 1. The number of carbonyl (C=O) groups is 1. The van der Waals surface area contributed by atoms with E-state index in [9.17, 15) is 26.4 Å². The number of alkyl halides is 3. The summed E-state index contributed by atoms with van der Waals surface area (Å²) in [4.78, 5) is 14.1. The second-order valence-electron chi connectivity index (χ2n) is 7.01. The number of nitrogens with zero attached hydrogens (tertiary/aromatic N) is 1. The summed E-state index contributed by atoms with van der Waals surface area (Å²) in [6.07, 6.45) is -4.23. The van der Waals surface area contributed by atoms with Gasteiger partial charge in [0.15, 0.2) is 0 Å².